The first-order chi connectivity index (χ1) is 15.8. The molecule has 0 amide bonds. The van der Waals surface area contributed by atoms with Gasteiger partial charge in [-0.25, -0.2) is 15.0 Å². The number of alkyl halides is 1. The van der Waals surface area contributed by atoms with Crippen LogP contribution in [-0.4, -0.2) is 33.1 Å². The molecule has 1 aromatic carbocycles. The van der Waals surface area contributed by atoms with Crippen LogP contribution < -0.4 is 10.6 Å². The highest BCUT2D eigenvalue weighted by atomic mass is 127. The molecule has 5 rings (SSSR count). The lowest BCUT2D eigenvalue weighted by atomic mass is 9.76. The number of halogens is 3. The van der Waals surface area contributed by atoms with Gasteiger partial charge in [0.15, 0.2) is 11.0 Å². The van der Waals surface area contributed by atoms with E-state index in [0.29, 0.717) is 26.6 Å². The number of nitrogen functional groups attached to an aromatic ring is 1. The Kier molecular flexibility index (Phi) is 6.18. The van der Waals surface area contributed by atoms with E-state index in [2.05, 4.69) is 56.7 Å². The first-order valence-electron chi connectivity index (χ1n) is 10.9. The van der Waals surface area contributed by atoms with Crippen LogP contribution in [-0.2, 0) is 13.0 Å². The van der Waals surface area contributed by atoms with Crippen LogP contribution in [0.1, 0.15) is 39.3 Å². The second-order valence-electron chi connectivity index (χ2n) is 8.87. The lowest BCUT2D eigenvalue weighted by molar-refractivity contribution is 0.232. The Morgan fingerprint density at radius 2 is 1.91 bits per heavy atom. The predicted octanol–water partition coefficient (Wildman–Crippen LogP) is 5.55. The van der Waals surface area contributed by atoms with Gasteiger partial charge in [0.2, 0.25) is 0 Å². The SMILES string of the molecule is Cc1nc(N2CCC3(CC2)Cc2ccccc2[C@H]3I)c(CO)nc1-c1cc(N)nc(Cl)c1Cl. The smallest absolute Gasteiger partial charge is 0.153 e. The number of aryl methyl sites for hydroxylation is 1. The highest BCUT2D eigenvalue weighted by Gasteiger charge is 2.46. The van der Waals surface area contributed by atoms with Crippen molar-refractivity contribution in [2.24, 2.45) is 5.41 Å². The monoisotopic (exact) mass is 595 g/mol. The minimum atomic E-state index is -0.219. The summed E-state index contributed by atoms with van der Waals surface area (Å²) >= 11 is 15.1. The summed E-state index contributed by atoms with van der Waals surface area (Å²) in [6.07, 6.45) is 3.28. The lowest BCUT2D eigenvalue weighted by Crippen LogP contribution is -2.42. The molecule has 2 aromatic heterocycles. The van der Waals surface area contributed by atoms with Crippen LogP contribution in [0.5, 0.6) is 0 Å². The molecule has 1 fully saturated rings. The van der Waals surface area contributed by atoms with Crippen molar-refractivity contribution >= 4 is 57.4 Å². The Labute approximate surface area is 216 Å². The molecule has 9 heteroatoms. The molecule has 1 atom stereocenters. The lowest BCUT2D eigenvalue weighted by Gasteiger charge is -2.42. The van der Waals surface area contributed by atoms with Gasteiger partial charge < -0.3 is 15.7 Å². The van der Waals surface area contributed by atoms with Crippen LogP contribution in [0.4, 0.5) is 11.6 Å². The largest absolute Gasteiger partial charge is 0.390 e. The van der Waals surface area contributed by atoms with E-state index in [1.54, 1.807) is 6.07 Å². The third-order valence-electron chi connectivity index (χ3n) is 6.93. The van der Waals surface area contributed by atoms with Crippen molar-refractivity contribution in [1.29, 1.82) is 0 Å². The summed E-state index contributed by atoms with van der Waals surface area (Å²) in [6, 6.07) is 10.5. The van der Waals surface area contributed by atoms with E-state index >= 15 is 0 Å². The van der Waals surface area contributed by atoms with Gasteiger partial charge in [0.05, 0.1) is 23.0 Å². The van der Waals surface area contributed by atoms with Crippen molar-refractivity contribution in [3.8, 4) is 11.3 Å². The summed E-state index contributed by atoms with van der Waals surface area (Å²) in [5.74, 6) is 0.987. The van der Waals surface area contributed by atoms with Gasteiger partial charge in [0.25, 0.3) is 0 Å². The molecule has 3 aromatic rings. The first-order valence-corrected chi connectivity index (χ1v) is 12.9. The maximum absolute atomic E-state index is 10.1. The maximum atomic E-state index is 10.1. The summed E-state index contributed by atoms with van der Waals surface area (Å²) in [6.45, 7) is 3.42. The van der Waals surface area contributed by atoms with E-state index < -0.39 is 0 Å². The molecule has 3 heterocycles. The normalized spacial score (nSPS) is 19.2. The van der Waals surface area contributed by atoms with E-state index in [0.717, 1.165) is 38.2 Å². The molecular weight excluding hydrogens is 572 g/mol. The second kappa shape index (κ2) is 8.83. The van der Waals surface area contributed by atoms with Crippen LogP contribution in [0.2, 0.25) is 10.2 Å². The van der Waals surface area contributed by atoms with Crippen molar-refractivity contribution in [2.45, 2.75) is 36.7 Å². The van der Waals surface area contributed by atoms with Crippen molar-refractivity contribution < 1.29 is 5.11 Å². The van der Waals surface area contributed by atoms with Gasteiger partial charge in [-0.05, 0) is 48.8 Å². The average molecular weight is 596 g/mol. The summed E-state index contributed by atoms with van der Waals surface area (Å²) in [7, 11) is 0. The number of aromatic nitrogens is 3. The summed E-state index contributed by atoms with van der Waals surface area (Å²) in [5, 5.41) is 10.5. The van der Waals surface area contributed by atoms with Gasteiger partial charge in [-0.3, -0.25) is 0 Å². The molecule has 1 aliphatic heterocycles. The number of rotatable bonds is 3. The van der Waals surface area contributed by atoms with E-state index in [-0.39, 0.29) is 28.0 Å². The fourth-order valence-corrected chi connectivity index (χ4v) is 7.02. The molecule has 0 radical (unpaired) electrons. The fourth-order valence-electron chi connectivity index (χ4n) is 5.18. The molecule has 33 heavy (non-hydrogen) atoms. The standard InChI is InChI=1S/C24H24Cl2IN5O/c1-13-20(16-10-18(28)31-22(26)19(16)25)30-17(12-33)23(29-13)32-8-6-24(7-9-32)11-14-4-2-3-5-15(14)21(24)27/h2-5,10,21,33H,6-9,11-12H2,1H3,(H2,28,31)/t21-/m1/s1. The maximum Gasteiger partial charge on any atom is 0.153 e. The van der Waals surface area contributed by atoms with Gasteiger partial charge in [-0.2, -0.15) is 0 Å². The zero-order valence-electron chi connectivity index (χ0n) is 18.2. The number of piperidine rings is 1. The minimum Gasteiger partial charge on any atom is -0.390 e. The minimum absolute atomic E-state index is 0.120. The zero-order valence-corrected chi connectivity index (χ0v) is 21.8. The molecule has 1 spiro atoms. The van der Waals surface area contributed by atoms with E-state index in [1.165, 1.54) is 11.1 Å². The molecule has 0 saturated carbocycles. The quantitative estimate of drug-likeness (QED) is 0.235. The Hall–Kier alpha value is -1.68. The van der Waals surface area contributed by atoms with Crippen LogP contribution in [0.3, 0.4) is 0 Å². The molecule has 2 aliphatic rings. The highest BCUT2D eigenvalue weighted by molar-refractivity contribution is 14.1. The number of aliphatic hydroxyl groups is 1. The third-order valence-corrected chi connectivity index (χ3v) is 9.68. The van der Waals surface area contributed by atoms with Gasteiger partial charge in [-0.15, -0.1) is 0 Å². The number of hydrogen-bond donors (Lipinski definition) is 2. The molecule has 0 unspecified atom stereocenters. The Balaban J connectivity index is 1.43. The van der Waals surface area contributed by atoms with E-state index in [1.807, 2.05) is 6.92 Å². The van der Waals surface area contributed by atoms with Gasteiger partial charge in [0.1, 0.15) is 11.5 Å². The van der Waals surface area contributed by atoms with Gasteiger partial charge in [-0.1, -0.05) is 70.1 Å². The second-order valence-corrected chi connectivity index (χ2v) is 10.9. The zero-order chi connectivity index (χ0) is 23.3. The molecule has 1 aliphatic carbocycles. The number of fused-ring (bicyclic) bond motifs is 1. The Bertz CT molecular complexity index is 1230. The number of hydrogen-bond acceptors (Lipinski definition) is 6. The highest BCUT2D eigenvalue weighted by Crippen LogP contribution is 2.56. The van der Waals surface area contributed by atoms with Crippen LogP contribution in [0, 0.1) is 12.3 Å². The first kappa shape index (κ1) is 23.1. The summed E-state index contributed by atoms with van der Waals surface area (Å²) < 4.78 is 0.519. The topological polar surface area (TPSA) is 88.2 Å². The molecule has 0 bridgehead atoms. The van der Waals surface area contributed by atoms with Crippen molar-refractivity contribution in [3.63, 3.8) is 0 Å². The van der Waals surface area contributed by atoms with Gasteiger partial charge in [0, 0.05) is 22.6 Å². The molecule has 6 nitrogen and oxygen atoms in total. The number of anilines is 2. The molecule has 3 N–H and O–H groups in total. The number of nitrogens with zero attached hydrogens (tertiary/aromatic N) is 4. The Morgan fingerprint density at radius 3 is 2.61 bits per heavy atom. The van der Waals surface area contributed by atoms with Crippen molar-refractivity contribution in [1.82, 2.24) is 15.0 Å². The Morgan fingerprint density at radius 1 is 1.18 bits per heavy atom. The number of aliphatic hydroxyl groups excluding tert-OH is 1. The molecule has 172 valence electrons. The van der Waals surface area contributed by atoms with Crippen molar-refractivity contribution in [2.75, 3.05) is 23.7 Å². The summed E-state index contributed by atoms with van der Waals surface area (Å²) in [5.41, 5.74) is 11.5. The molecule has 1 saturated heterocycles. The van der Waals surface area contributed by atoms with Crippen molar-refractivity contribution in [3.05, 3.63) is 63.0 Å². The van der Waals surface area contributed by atoms with Crippen LogP contribution in [0.25, 0.3) is 11.3 Å². The number of pyridine rings is 1. The number of nitrogens with two attached hydrogens (primary N) is 1. The van der Waals surface area contributed by atoms with E-state index in [4.69, 9.17) is 38.9 Å². The molecular formula is C24H24Cl2IN5O. The number of benzene rings is 1. The van der Waals surface area contributed by atoms with E-state index in [9.17, 15) is 5.11 Å². The fraction of sp³-hybridized carbons (Fsp3) is 0.375. The predicted molar refractivity (Wildman–Crippen MR) is 141 cm³/mol. The van der Waals surface area contributed by atoms with Crippen LogP contribution in [0.15, 0.2) is 30.3 Å². The van der Waals surface area contributed by atoms with Crippen LogP contribution >= 0.6 is 45.8 Å². The third kappa shape index (κ3) is 3.96. The summed E-state index contributed by atoms with van der Waals surface area (Å²) in [4.78, 5) is 15.8. The average Bonchev–Trinajstić information content (AvgIpc) is 3.08. The van der Waals surface area contributed by atoms with Gasteiger partial charge >= 0.3 is 0 Å².